The summed E-state index contributed by atoms with van der Waals surface area (Å²) in [4.78, 5) is 62.6. The SMILES string of the molecule is CCOC(=O)C(C)(CCC(=O)NCC(=O)c1ccc(C(=O)c2ccccc2)c(O)c1)CC(C)(C)C(=O)OC. The van der Waals surface area contributed by atoms with E-state index in [9.17, 15) is 29.1 Å². The molecule has 0 heterocycles. The number of hydrogen-bond acceptors (Lipinski definition) is 8. The normalized spacial score (nSPS) is 12.7. The number of esters is 2. The average molecular weight is 526 g/mol. The van der Waals surface area contributed by atoms with Gasteiger partial charge in [0, 0.05) is 17.5 Å². The van der Waals surface area contributed by atoms with Crippen LogP contribution in [0.1, 0.15) is 73.2 Å². The van der Waals surface area contributed by atoms with E-state index in [1.165, 1.54) is 25.3 Å². The lowest BCUT2D eigenvalue weighted by Gasteiger charge is -2.34. The summed E-state index contributed by atoms with van der Waals surface area (Å²) in [6.45, 7) is 6.43. The quantitative estimate of drug-likeness (QED) is 0.297. The lowest BCUT2D eigenvalue weighted by Crippen LogP contribution is -2.40. The molecule has 2 aromatic carbocycles. The third-order valence-electron chi connectivity index (χ3n) is 6.29. The van der Waals surface area contributed by atoms with Crippen molar-refractivity contribution in [2.24, 2.45) is 10.8 Å². The first-order valence-electron chi connectivity index (χ1n) is 12.3. The van der Waals surface area contributed by atoms with E-state index in [2.05, 4.69) is 5.32 Å². The van der Waals surface area contributed by atoms with Crippen molar-refractivity contribution in [3.63, 3.8) is 0 Å². The van der Waals surface area contributed by atoms with Gasteiger partial charge in [0.1, 0.15) is 5.75 Å². The second-order valence-electron chi connectivity index (χ2n) is 9.96. The number of phenols is 1. The van der Waals surface area contributed by atoms with Gasteiger partial charge in [-0.15, -0.1) is 0 Å². The molecule has 1 atom stereocenters. The number of nitrogens with one attached hydrogen (secondary N) is 1. The molecule has 0 aromatic heterocycles. The Bertz CT molecular complexity index is 1190. The van der Waals surface area contributed by atoms with Crippen LogP contribution in [0.4, 0.5) is 0 Å². The summed E-state index contributed by atoms with van der Waals surface area (Å²) in [7, 11) is 1.27. The molecule has 38 heavy (non-hydrogen) atoms. The van der Waals surface area contributed by atoms with Gasteiger partial charge in [-0.05, 0) is 52.7 Å². The Hall–Kier alpha value is -4.01. The van der Waals surface area contributed by atoms with Gasteiger partial charge in [0.05, 0.1) is 36.7 Å². The molecule has 0 bridgehead atoms. The van der Waals surface area contributed by atoms with Crippen molar-refractivity contribution in [3.8, 4) is 5.75 Å². The highest BCUT2D eigenvalue weighted by atomic mass is 16.5. The summed E-state index contributed by atoms with van der Waals surface area (Å²) in [5.74, 6) is -2.66. The van der Waals surface area contributed by atoms with Crippen LogP contribution < -0.4 is 5.32 Å². The number of carbonyl (C=O) groups excluding carboxylic acids is 5. The van der Waals surface area contributed by atoms with Crippen LogP contribution in [0.2, 0.25) is 0 Å². The van der Waals surface area contributed by atoms with E-state index in [1.54, 1.807) is 58.0 Å². The van der Waals surface area contributed by atoms with Crippen LogP contribution in [0.3, 0.4) is 0 Å². The Morgan fingerprint density at radius 1 is 0.921 bits per heavy atom. The summed E-state index contributed by atoms with van der Waals surface area (Å²) in [5, 5.41) is 12.9. The standard InChI is InChI=1S/C29H35NO8/c1-6-38-27(36)29(4,18-28(2,3)26(35)37-5)15-14-24(33)30-17-23(32)20-12-13-21(22(31)16-20)25(34)19-10-8-7-9-11-19/h7-13,16,31H,6,14-15,17-18H2,1-5H3,(H,30,33). The first-order valence-corrected chi connectivity index (χ1v) is 12.3. The van der Waals surface area contributed by atoms with Crippen LogP contribution in [0.15, 0.2) is 48.5 Å². The van der Waals surface area contributed by atoms with Crippen LogP contribution in [0.25, 0.3) is 0 Å². The maximum Gasteiger partial charge on any atom is 0.311 e. The van der Waals surface area contributed by atoms with Gasteiger partial charge in [-0.2, -0.15) is 0 Å². The molecule has 0 fully saturated rings. The second-order valence-corrected chi connectivity index (χ2v) is 9.96. The third-order valence-corrected chi connectivity index (χ3v) is 6.29. The Morgan fingerprint density at radius 3 is 2.16 bits per heavy atom. The van der Waals surface area contributed by atoms with Crippen molar-refractivity contribution in [2.45, 2.75) is 47.0 Å². The average Bonchev–Trinajstić information content (AvgIpc) is 2.89. The largest absolute Gasteiger partial charge is 0.507 e. The van der Waals surface area contributed by atoms with Crippen LogP contribution in [0.5, 0.6) is 5.75 Å². The molecule has 9 heteroatoms. The number of Topliss-reactive ketones (excluding diaryl/α,β-unsaturated/α-hetero) is 1. The molecular formula is C29H35NO8. The van der Waals surface area contributed by atoms with E-state index in [-0.39, 0.29) is 55.1 Å². The summed E-state index contributed by atoms with van der Waals surface area (Å²) in [6.07, 6.45) is 0.101. The van der Waals surface area contributed by atoms with E-state index in [1.807, 2.05) is 0 Å². The summed E-state index contributed by atoms with van der Waals surface area (Å²) < 4.78 is 10.0. The minimum Gasteiger partial charge on any atom is -0.507 e. The lowest BCUT2D eigenvalue weighted by molar-refractivity contribution is -0.161. The fraction of sp³-hybridized carbons (Fsp3) is 0.414. The smallest absolute Gasteiger partial charge is 0.311 e. The minimum absolute atomic E-state index is 0.0601. The van der Waals surface area contributed by atoms with Crippen LogP contribution in [-0.4, -0.2) is 54.8 Å². The highest BCUT2D eigenvalue weighted by molar-refractivity contribution is 6.11. The van der Waals surface area contributed by atoms with Crippen LogP contribution in [0, 0.1) is 10.8 Å². The molecule has 2 aromatic rings. The topological polar surface area (TPSA) is 136 Å². The molecule has 1 unspecified atom stereocenters. The van der Waals surface area contributed by atoms with Gasteiger partial charge in [0.2, 0.25) is 5.91 Å². The molecule has 0 saturated carbocycles. The van der Waals surface area contributed by atoms with Crippen molar-refractivity contribution in [2.75, 3.05) is 20.3 Å². The predicted molar refractivity (Wildman–Crippen MR) is 140 cm³/mol. The van der Waals surface area contributed by atoms with Crippen LogP contribution >= 0.6 is 0 Å². The molecule has 0 radical (unpaired) electrons. The number of phenolic OH excluding ortho intramolecular Hbond substituents is 1. The zero-order valence-electron chi connectivity index (χ0n) is 22.5. The zero-order chi connectivity index (χ0) is 28.5. The minimum atomic E-state index is -1.14. The van der Waals surface area contributed by atoms with Crippen molar-refractivity contribution >= 4 is 29.4 Å². The summed E-state index contributed by atoms with van der Waals surface area (Å²) in [5.41, 5.74) is -1.53. The van der Waals surface area contributed by atoms with Gasteiger partial charge in [-0.25, -0.2) is 0 Å². The molecule has 0 aliphatic rings. The van der Waals surface area contributed by atoms with E-state index >= 15 is 0 Å². The molecule has 0 saturated heterocycles. The van der Waals surface area contributed by atoms with E-state index in [0.717, 1.165) is 0 Å². The Morgan fingerprint density at radius 2 is 1.58 bits per heavy atom. The van der Waals surface area contributed by atoms with Crippen molar-refractivity contribution < 1.29 is 38.6 Å². The highest BCUT2D eigenvalue weighted by Crippen LogP contribution is 2.39. The molecule has 204 valence electrons. The molecule has 0 spiro atoms. The zero-order valence-corrected chi connectivity index (χ0v) is 22.5. The molecule has 9 nitrogen and oxygen atoms in total. The van der Waals surface area contributed by atoms with Gasteiger partial charge in [-0.1, -0.05) is 36.4 Å². The van der Waals surface area contributed by atoms with Crippen molar-refractivity contribution in [1.82, 2.24) is 5.32 Å². The molecule has 2 rings (SSSR count). The van der Waals surface area contributed by atoms with Gasteiger partial charge in [0.25, 0.3) is 0 Å². The Labute approximate surface area is 222 Å². The van der Waals surface area contributed by atoms with E-state index in [4.69, 9.17) is 9.47 Å². The number of methoxy groups -OCH3 is 1. The number of hydrogen-bond donors (Lipinski definition) is 2. The fourth-order valence-electron chi connectivity index (χ4n) is 4.29. The first-order chi connectivity index (χ1) is 17.8. The number of carbonyl (C=O) groups is 5. The number of rotatable bonds is 13. The number of aromatic hydroxyl groups is 1. The van der Waals surface area contributed by atoms with Gasteiger partial charge in [-0.3, -0.25) is 24.0 Å². The first kappa shape index (κ1) is 30.2. The summed E-state index contributed by atoms with van der Waals surface area (Å²) in [6, 6.07) is 12.4. The van der Waals surface area contributed by atoms with E-state index < -0.39 is 34.5 Å². The second kappa shape index (κ2) is 13.0. The molecule has 0 aliphatic carbocycles. The number of ketones is 2. The third kappa shape index (κ3) is 7.74. The Kier molecular flexibility index (Phi) is 10.3. The molecule has 1 amide bonds. The Balaban J connectivity index is 2.01. The maximum atomic E-state index is 12.7. The summed E-state index contributed by atoms with van der Waals surface area (Å²) >= 11 is 0. The highest BCUT2D eigenvalue weighted by Gasteiger charge is 2.43. The number of benzene rings is 2. The number of amides is 1. The molecule has 0 aliphatic heterocycles. The molecular weight excluding hydrogens is 490 g/mol. The monoisotopic (exact) mass is 525 g/mol. The van der Waals surface area contributed by atoms with E-state index in [0.29, 0.717) is 5.56 Å². The van der Waals surface area contributed by atoms with Crippen molar-refractivity contribution in [1.29, 1.82) is 0 Å². The van der Waals surface area contributed by atoms with Gasteiger partial charge >= 0.3 is 11.9 Å². The molecule has 2 N–H and O–H groups in total. The fourth-order valence-corrected chi connectivity index (χ4v) is 4.29. The van der Waals surface area contributed by atoms with Crippen molar-refractivity contribution in [3.05, 3.63) is 65.2 Å². The van der Waals surface area contributed by atoms with Gasteiger partial charge in [0.15, 0.2) is 11.6 Å². The van der Waals surface area contributed by atoms with Gasteiger partial charge < -0.3 is 19.9 Å². The lowest BCUT2D eigenvalue weighted by atomic mass is 9.71. The predicted octanol–water partition coefficient (Wildman–Crippen LogP) is 3.86. The number of ether oxygens (including phenoxy) is 2. The van der Waals surface area contributed by atoms with Crippen LogP contribution in [-0.2, 0) is 23.9 Å². The maximum absolute atomic E-state index is 12.7.